The van der Waals surface area contributed by atoms with Crippen molar-refractivity contribution in [3.8, 4) is 11.5 Å². The number of benzene rings is 2. The van der Waals surface area contributed by atoms with Crippen LogP contribution in [0.4, 0.5) is 5.69 Å². The smallest absolute Gasteiger partial charge is 0.300 e. The highest BCUT2D eigenvalue weighted by Crippen LogP contribution is 2.45. The zero-order valence-corrected chi connectivity index (χ0v) is 18.1. The molecule has 7 nitrogen and oxygen atoms in total. The van der Waals surface area contributed by atoms with Crippen molar-refractivity contribution in [2.45, 2.75) is 19.9 Å². The molecule has 1 aliphatic rings. The van der Waals surface area contributed by atoms with E-state index in [0.717, 1.165) is 4.90 Å². The molecule has 164 valence electrons. The molecule has 3 aromatic rings. The van der Waals surface area contributed by atoms with Gasteiger partial charge in [-0.05, 0) is 56.3 Å². The summed E-state index contributed by atoms with van der Waals surface area (Å²) in [5, 5.41) is 21.9. The Morgan fingerprint density at radius 1 is 1.16 bits per heavy atom. The van der Waals surface area contributed by atoms with Gasteiger partial charge in [0.05, 0.1) is 22.9 Å². The highest BCUT2D eigenvalue weighted by molar-refractivity contribution is 6.51. The first-order valence-electron chi connectivity index (χ1n) is 9.91. The summed E-state index contributed by atoms with van der Waals surface area (Å²) < 4.78 is 11.2. The summed E-state index contributed by atoms with van der Waals surface area (Å²) in [7, 11) is 0. The fourth-order valence-electron chi connectivity index (χ4n) is 3.69. The van der Waals surface area contributed by atoms with E-state index in [-0.39, 0.29) is 28.3 Å². The van der Waals surface area contributed by atoms with Gasteiger partial charge in [-0.2, -0.15) is 0 Å². The van der Waals surface area contributed by atoms with Crippen LogP contribution in [0.5, 0.6) is 11.5 Å². The Morgan fingerprint density at radius 3 is 2.56 bits per heavy atom. The van der Waals surface area contributed by atoms with E-state index in [9.17, 15) is 19.8 Å². The third-order valence-electron chi connectivity index (χ3n) is 5.12. The molecule has 1 aromatic heterocycles. The lowest BCUT2D eigenvalue weighted by atomic mass is 9.99. The number of hydrogen-bond donors (Lipinski definition) is 2. The molecule has 1 aliphatic heterocycles. The number of ether oxygens (including phenoxy) is 1. The SMILES string of the molecule is CCOc1cc(/C(O)=C2/C(=O)C(=O)N(c3ccccc3O)C2c2ccc(C)o2)ccc1Cl. The Bertz CT molecular complexity index is 1240. The van der Waals surface area contributed by atoms with Gasteiger partial charge < -0.3 is 19.4 Å². The van der Waals surface area contributed by atoms with Gasteiger partial charge in [-0.1, -0.05) is 23.7 Å². The molecule has 0 radical (unpaired) electrons. The number of halogens is 1. The van der Waals surface area contributed by atoms with E-state index >= 15 is 0 Å². The summed E-state index contributed by atoms with van der Waals surface area (Å²) in [5.41, 5.74) is 0.206. The monoisotopic (exact) mass is 453 g/mol. The van der Waals surface area contributed by atoms with Crippen LogP contribution in [0.15, 0.2) is 64.6 Å². The molecule has 4 rings (SSSR count). The normalized spacial score (nSPS) is 17.7. The zero-order valence-electron chi connectivity index (χ0n) is 17.3. The van der Waals surface area contributed by atoms with Gasteiger partial charge in [0.15, 0.2) is 0 Å². The number of carbonyl (C=O) groups excluding carboxylic acids is 2. The summed E-state index contributed by atoms with van der Waals surface area (Å²) in [4.78, 5) is 27.3. The molecule has 32 heavy (non-hydrogen) atoms. The maximum atomic E-state index is 13.1. The van der Waals surface area contributed by atoms with Crippen LogP contribution < -0.4 is 9.64 Å². The Morgan fingerprint density at radius 2 is 1.91 bits per heavy atom. The summed E-state index contributed by atoms with van der Waals surface area (Å²) in [6, 6.07) is 12.9. The number of furan rings is 1. The fraction of sp³-hybridized carbons (Fsp3) is 0.167. The van der Waals surface area contributed by atoms with Crippen LogP contribution in [0, 0.1) is 6.92 Å². The highest BCUT2D eigenvalue weighted by Gasteiger charge is 2.49. The third kappa shape index (κ3) is 3.61. The lowest BCUT2D eigenvalue weighted by Crippen LogP contribution is -2.29. The number of phenolic OH excluding ortho intramolecular Hbond substituents is 1. The number of para-hydroxylation sites is 2. The van der Waals surface area contributed by atoms with Crippen LogP contribution >= 0.6 is 11.6 Å². The van der Waals surface area contributed by atoms with E-state index in [1.807, 2.05) is 0 Å². The second kappa shape index (κ2) is 8.43. The minimum Gasteiger partial charge on any atom is -0.507 e. The maximum Gasteiger partial charge on any atom is 0.300 e. The standard InChI is InChI=1S/C24H20ClNO6/c1-3-31-19-12-14(9-10-15(19)25)22(28)20-21(18-11-8-13(2)32-18)26(24(30)23(20)29)16-6-4-5-7-17(16)27/h4-12,21,27-28H,3H2,1-2H3/b22-20-. The number of Topliss-reactive ketones (excluding diaryl/α,β-unsaturated/α-hetero) is 1. The first-order chi connectivity index (χ1) is 15.3. The van der Waals surface area contributed by atoms with Crippen LogP contribution in [-0.4, -0.2) is 28.5 Å². The van der Waals surface area contributed by atoms with Gasteiger partial charge in [0.1, 0.15) is 34.8 Å². The number of rotatable bonds is 5. The van der Waals surface area contributed by atoms with Gasteiger partial charge in [-0.15, -0.1) is 0 Å². The molecule has 8 heteroatoms. The number of carbonyl (C=O) groups is 2. The molecular weight excluding hydrogens is 434 g/mol. The van der Waals surface area contributed by atoms with Crippen molar-refractivity contribution in [1.29, 1.82) is 0 Å². The fourth-order valence-corrected chi connectivity index (χ4v) is 3.86. The Kier molecular flexibility index (Phi) is 5.67. The van der Waals surface area contributed by atoms with Crippen molar-refractivity contribution in [3.63, 3.8) is 0 Å². The number of nitrogens with zero attached hydrogens (tertiary/aromatic N) is 1. The second-order valence-corrected chi connectivity index (χ2v) is 7.59. The highest BCUT2D eigenvalue weighted by atomic mass is 35.5. The van der Waals surface area contributed by atoms with Crippen molar-refractivity contribution < 1.29 is 29.0 Å². The summed E-state index contributed by atoms with van der Waals surface area (Å²) in [6.45, 7) is 3.87. The lowest BCUT2D eigenvalue weighted by molar-refractivity contribution is -0.132. The predicted molar refractivity (Wildman–Crippen MR) is 119 cm³/mol. The molecule has 2 N–H and O–H groups in total. The Balaban J connectivity index is 1.94. The van der Waals surface area contributed by atoms with Gasteiger partial charge >= 0.3 is 0 Å². The number of ketones is 1. The minimum atomic E-state index is -1.08. The zero-order chi connectivity index (χ0) is 23.0. The van der Waals surface area contributed by atoms with Gasteiger partial charge in [-0.25, -0.2) is 0 Å². The van der Waals surface area contributed by atoms with E-state index in [0.29, 0.717) is 23.1 Å². The quantitative estimate of drug-likeness (QED) is 0.321. The molecule has 1 atom stereocenters. The topological polar surface area (TPSA) is 100 Å². The number of aryl methyl sites for hydroxylation is 1. The number of amides is 1. The van der Waals surface area contributed by atoms with Crippen LogP contribution in [0.2, 0.25) is 5.02 Å². The van der Waals surface area contributed by atoms with Crippen molar-refractivity contribution in [2.24, 2.45) is 0 Å². The second-order valence-electron chi connectivity index (χ2n) is 7.18. The molecule has 0 saturated carbocycles. The van der Waals surface area contributed by atoms with Crippen molar-refractivity contribution in [1.82, 2.24) is 0 Å². The molecule has 2 aromatic carbocycles. The Labute approximate surface area is 189 Å². The first-order valence-corrected chi connectivity index (χ1v) is 10.3. The van der Waals surface area contributed by atoms with E-state index in [1.165, 1.54) is 30.3 Å². The molecule has 1 saturated heterocycles. The summed E-state index contributed by atoms with van der Waals surface area (Å²) in [6.07, 6.45) is 0. The van der Waals surface area contributed by atoms with Gasteiger partial charge in [0.25, 0.3) is 11.7 Å². The van der Waals surface area contributed by atoms with Crippen LogP contribution in [0.1, 0.15) is 30.0 Å². The number of aliphatic hydroxyl groups is 1. The van der Waals surface area contributed by atoms with Gasteiger partial charge in [0, 0.05) is 5.56 Å². The van der Waals surface area contributed by atoms with Crippen molar-refractivity contribution in [2.75, 3.05) is 11.5 Å². The van der Waals surface area contributed by atoms with Crippen LogP contribution in [0.3, 0.4) is 0 Å². The van der Waals surface area contributed by atoms with E-state index < -0.39 is 23.5 Å². The molecule has 1 unspecified atom stereocenters. The van der Waals surface area contributed by atoms with E-state index in [2.05, 4.69) is 0 Å². The van der Waals surface area contributed by atoms with Gasteiger partial charge in [-0.3, -0.25) is 14.5 Å². The molecule has 1 fully saturated rings. The van der Waals surface area contributed by atoms with Crippen LogP contribution in [0.25, 0.3) is 5.76 Å². The minimum absolute atomic E-state index is 0.124. The van der Waals surface area contributed by atoms with E-state index in [1.54, 1.807) is 38.1 Å². The molecule has 0 bridgehead atoms. The average molecular weight is 454 g/mol. The lowest BCUT2D eigenvalue weighted by Gasteiger charge is -2.24. The summed E-state index contributed by atoms with van der Waals surface area (Å²) in [5.74, 6) is -1.23. The number of aliphatic hydroxyl groups excluding tert-OH is 1. The largest absolute Gasteiger partial charge is 0.507 e. The molecule has 0 spiro atoms. The number of hydrogen-bond acceptors (Lipinski definition) is 6. The molecule has 1 amide bonds. The number of anilines is 1. The molecule has 0 aliphatic carbocycles. The molecule has 2 heterocycles. The molecular formula is C24H20ClNO6. The number of aromatic hydroxyl groups is 1. The van der Waals surface area contributed by atoms with E-state index in [4.69, 9.17) is 20.8 Å². The van der Waals surface area contributed by atoms with Crippen molar-refractivity contribution in [3.05, 3.63) is 82.3 Å². The third-order valence-corrected chi connectivity index (χ3v) is 5.43. The maximum absolute atomic E-state index is 13.1. The first kappa shape index (κ1) is 21.5. The van der Waals surface area contributed by atoms with Gasteiger partial charge in [0.2, 0.25) is 0 Å². The van der Waals surface area contributed by atoms with Crippen LogP contribution in [-0.2, 0) is 9.59 Å². The predicted octanol–water partition coefficient (Wildman–Crippen LogP) is 4.97. The van der Waals surface area contributed by atoms with Crippen molar-refractivity contribution >= 4 is 34.7 Å². The number of phenols is 1. The Hall–Kier alpha value is -3.71. The average Bonchev–Trinajstić information content (AvgIpc) is 3.31. The summed E-state index contributed by atoms with van der Waals surface area (Å²) >= 11 is 6.14.